The molecule has 2 rings (SSSR count). The summed E-state index contributed by atoms with van der Waals surface area (Å²) in [6.07, 6.45) is 8.81. The average molecular weight is 345 g/mol. The van der Waals surface area contributed by atoms with Crippen LogP contribution in [0.15, 0.2) is 42.5 Å². The zero-order chi connectivity index (χ0) is 17.2. The van der Waals surface area contributed by atoms with Crippen molar-refractivity contribution in [1.29, 1.82) is 0 Å². The van der Waals surface area contributed by atoms with Crippen molar-refractivity contribution in [2.75, 3.05) is 6.61 Å². The molecule has 2 heteroatoms. The van der Waals surface area contributed by atoms with Crippen LogP contribution in [0.1, 0.15) is 57.9 Å². The van der Waals surface area contributed by atoms with Gasteiger partial charge in [-0.25, -0.2) is 0 Å². The number of aryl methyl sites for hydroxylation is 1. The summed E-state index contributed by atoms with van der Waals surface area (Å²) in [5.74, 6) is 0.769. The lowest BCUT2D eigenvalue weighted by Gasteiger charge is -2.09. The van der Waals surface area contributed by atoms with Gasteiger partial charge in [0.25, 0.3) is 0 Å². The molecule has 0 saturated carbocycles. The largest absolute Gasteiger partial charge is 0.492 e. The van der Waals surface area contributed by atoms with Gasteiger partial charge in [-0.1, -0.05) is 81.5 Å². The number of ether oxygens (including phenoxy) is 1. The maximum Gasteiger partial charge on any atom is 0.137 e. The Labute approximate surface area is 152 Å². The minimum atomic E-state index is 0.681. The zero-order valence-corrected chi connectivity index (χ0v) is 15.7. The lowest BCUT2D eigenvalue weighted by Crippen LogP contribution is -1.95. The summed E-state index contributed by atoms with van der Waals surface area (Å²) in [6.45, 7) is 5.05. The van der Waals surface area contributed by atoms with E-state index >= 15 is 0 Å². The molecular formula is C22H29ClO. The SMILES string of the molecule is CCCCCCCc1ccc(-c2ccc(OCCC)c(Cl)c2)cc1. The standard InChI is InChI=1S/C22H29ClO/c1-3-5-6-7-8-9-18-10-12-19(13-11-18)20-14-15-22(21(23)17-20)24-16-4-2/h10-15,17H,3-9,16H2,1-2H3. The van der Waals surface area contributed by atoms with Crippen LogP contribution in [0.3, 0.4) is 0 Å². The Morgan fingerprint density at radius 1 is 0.792 bits per heavy atom. The average Bonchev–Trinajstić information content (AvgIpc) is 2.61. The van der Waals surface area contributed by atoms with Crippen molar-refractivity contribution >= 4 is 11.6 Å². The molecule has 0 aromatic heterocycles. The van der Waals surface area contributed by atoms with E-state index in [0.29, 0.717) is 11.6 Å². The van der Waals surface area contributed by atoms with Crippen molar-refractivity contribution in [3.63, 3.8) is 0 Å². The van der Waals surface area contributed by atoms with E-state index in [-0.39, 0.29) is 0 Å². The van der Waals surface area contributed by atoms with Crippen LogP contribution in [0.5, 0.6) is 5.75 Å². The smallest absolute Gasteiger partial charge is 0.137 e. The lowest BCUT2D eigenvalue weighted by molar-refractivity contribution is 0.317. The van der Waals surface area contributed by atoms with Gasteiger partial charge in [0.05, 0.1) is 11.6 Å². The number of rotatable bonds is 10. The Balaban J connectivity index is 1.94. The van der Waals surface area contributed by atoms with Gasteiger partial charge in [0, 0.05) is 0 Å². The molecule has 0 aliphatic rings. The molecule has 0 radical (unpaired) electrons. The Morgan fingerprint density at radius 3 is 2.17 bits per heavy atom. The summed E-state index contributed by atoms with van der Waals surface area (Å²) in [5, 5.41) is 0.681. The van der Waals surface area contributed by atoms with Crippen LogP contribution in [0, 0.1) is 0 Å². The first kappa shape index (κ1) is 18.9. The number of halogens is 1. The number of hydrogen-bond donors (Lipinski definition) is 0. The molecule has 24 heavy (non-hydrogen) atoms. The summed E-state index contributed by atoms with van der Waals surface area (Å²) in [4.78, 5) is 0. The van der Waals surface area contributed by atoms with E-state index in [1.807, 2.05) is 12.1 Å². The first-order chi connectivity index (χ1) is 11.7. The monoisotopic (exact) mass is 344 g/mol. The molecular weight excluding hydrogens is 316 g/mol. The van der Waals surface area contributed by atoms with Gasteiger partial charge in [-0.2, -0.15) is 0 Å². The highest BCUT2D eigenvalue weighted by molar-refractivity contribution is 6.32. The summed E-state index contributed by atoms with van der Waals surface area (Å²) < 4.78 is 5.64. The number of unbranched alkanes of at least 4 members (excludes halogenated alkanes) is 4. The molecule has 0 aliphatic heterocycles. The molecule has 0 spiro atoms. The Kier molecular flexibility index (Phi) is 8.18. The minimum absolute atomic E-state index is 0.681. The first-order valence-electron chi connectivity index (χ1n) is 9.26. The summed E-state index contributed by atoms with van der Waals surface area (Å²) in [7, 11) is 0. The van der Waals surface area contributed by atoms with E-state index in [9.17, 15) is 0 Å². The van der Waals surface area contributed by atoms with Crippen LogP contribution in [0.2, 0.25) is 5.02 Å². The van der Waals surface area contributed by atoms with Crippen LogP contribution in [0.25, 0.3) is 11.1 Å². The quantitative estimate of drug-likeness (QED) is 0.410. The second-order valence-corrected chi connectivity index (χ2v) is 6.76. The highest BCUT2D eigenvalue weighted by Gasteiger charge is 2.05. The molecule has 0 amide bonds. The van der Waals surface area contributed by atoms with E-state index in [4.69, 9.17) is 16.3 Å². The zero-order valence-electron chi connectivity index (χ0n) is 15.0. The van der Waals surface area contributed by atoms with E-state index in [1.54, 1.807) is 0 Å². The van der Waals surface area contributed by atoms with E-state index in [0.717, 1.165) is 17.7 Å². The van der Waals surface area contributed by atoms with Crippen molar-refractivity contribution in [2.24, 2.45) is 0 Å². The van der Waals surface area contributed by atoms with Crippen LogP contribution < -0.4 is 4.74 Å². The highest BCUT2D eigenvalue weighted by atomic mass is 35.5. The van der Waals surface area contributed by atoms with Crippen LogP contribution in [-0.4, -0.2) is 6.61 Å². The third-order valence-electron chi connectivity index (χ3n) is 4.25. The summed E-state index contributed by atoms with van der Waals surface area (Å²) >= 11 is 6.33. The fourth-order valence-electron chi connectivity index (χ4n) is 2.81. The summed E-state index contributed by atoms with van der Waals surface area (Å²) in [6, 6.07) is 14.9. The van der Waals surface area contributed by atoms with Crippen LogP contribution in [0.4, 0.5) is 0 Å². The molecule has 0 heterocycles. The fraction of sp³-hybridized carbons (Fsp3) is 0.455. The second-order valence-electron chi connectivity index (χ2n) is 6.35. The molecule has 0 saturated heterocycles. The summed E-state index contributed by atoms with van der Waals surface area (Å²) in [5.41, 5.74) is 3.76. The predicted molar refractivity (Wildman–Crippen MR) is 105 cm³/mol. The Morgan fingerprint density at radius 2 is 1.50 bits per heavy atom. The maximum absolute atomic E-state index is 6.33. The van der Waals surface area contributed by atoms with Crippen LogP contribution >= 0.6 is 11.6 Å². The minimum Gasteiger partial charge on any atom is -0.492 e. The van der Waals surface area contributed by atoms with Gasteiger partial charge < -0.3 is 4.74 Å². The molecule has 0 unspecified atom stereocenters. The van der Waals surface area contributed by atoms with Gasteiger partial charge in [-0.3, -0.25) is 0 Å². The van der Waals surface area contributed by atoms with E-state index in [2.05, 4.69) is 44.2 Å². The van der Waals surface area contributed by atoms with Gasteiger partial charge in [0.15, 0.2) is 0 Å². The number of benzene rings is 2. The first-order valence-corrected chi connectivity index (χ1v) is 9.64. The molecule has 2 aromatic carbocycles. The van der Waals surface area contributed by atoms with Crippen molar-refractivity contribution in [3.8, 4) is 16.9 Å². The molecule has 0 bridgehead atoms. The molecule has 0 atom stereocenters. The molecule has 1 nitrogen and oxygen atoms in total. The Hall–Kier alpha value is -1.47. The maximum atomic E-state index is 6.33. The lowest BCUT2D eigenvalue weighted by atomic mass is 10.0. The van der Waals surface area contributed by atoms with E-state index in [1.165, 1.54) is 49.7 Å². The van der Waals surface area contributed by atoms with Crippen molar-refractivity contribution < 1.29 is 4.74 Å². The highest BCUT2D eigenvalue weighted by Crippen LogP contribution is 2.30. The molecule has 130 valence electrons. The third kappa shape index (κ3) is 5.87. The molecule has 0 fully saturated rings. The molecule has 2 aromatic rings. The normalized spacial score (nSPS) is 10.8. The van der Waals surface area contributed by atoms with Crippen molar-refractivity contribution in [3.05, 3.63) is 53.1 Å². The fourth-order valence-corrected chi connectivity index (χ4v) is 3.04. The van der Waals surface area contributed by atoms with Crippen LogP contribution in [-0.2, 0) is 6.42 Å². The van der Waals surface area contributed by atoms with Gasteiger partial charge in [0.2, 0.25) is 0 Å². The second kappa shape index (κ2) is 10.4. The van der Waals surface area contributed by atoms with Gasteiger partial charge in [-0.15, -0.1) is 0 Å². The topological polar surface area (TPSA) is 9.23 Å². The third-order valence-corrected chi connectivity index (χ3v) is 4.55. The van der Waals surface area contributed by atoms with Gasteiger partial charge in [-0.05, 0) is 48.1 Å². The van der Waals surface area contributed by atoms with Crippen molar-refractivity contribution in [1.82, 2.24) is 0 Å². The van der Waals surface area contributed by atoms with Gasteiger partial charge in [0.1, 0.15) is 5.75 Å². The van der Waals surface area contributed by atoms with Gasteiger partial charge >= 0.3 is 0 Å². The number of hydrogen-bond acceptors (Lipinski definition) is 1. The van der Waals surface area contributed by atoms with Crippen molar-refractivity contribution in [2.45, 2.75) is 58.8 Å². The van der Waals surface area contributed by atoms with E-state index < -0.39 is 0 Å². The molecule has 0 N–H and O–H groups in total. The predicted octanol–water partition coefficient (Wildman–Crippen LogP) is 7.31. The molecule has 0 aliphatic carbocycles. The Bertz CT molecular complexity index is 604.